The van der Waals surface area contributed by atoms with E-state index in [0.717, 1.165) is 30.0 Å². The van der Waals surface area contributed by atoms with Crippen LogP contribution in [0, 0.1) is 0 Å². The molecule has 0 bridgehead atoms. The van der Waals surface area contributed by atoms with Gasteiger partial charge in [0.1, 0.15) is 6.54 Å². The fourth-order valence-electron chi connectivity index (χ4n) is 3.55. The summed E-state index contributed by atoms with van der Waals surface area (Å²) in [5.41, 5.74) is 1.87. The molecule has 1 fully saturated rings. The van der Waals surface area contributed by atoms with Crippen LogP contribution in [0.1, 0.15) is 13.3 Å². The molecule has 2 heterocycles. The van der Waals surface area contributed by atoms with E-state index in [1.165, 1.54) is 4.90 Å². The number of anilines is 1. The van der Waals surface area contributed by atoms with Crippen LogP contribution in [0.2, 0.25) is 0 Å². The lowest BCUT2D eigenvalue weighted by atomic mass is 10.1. The largest absolute Gasteiger partial charge is 0.353 e. The highest BCUT2D eigenvalue weighted by Gasteiger charge is 2.23. The summed E-state index contributed by atoms with van der Waals surface area (Å²) in [4.78, 5) is 30.4. The Morgan fingerprint density at radius 3 is 2.58 bits per heavy atom. The molecule has 1 aromatic carbocycles. The maximum absolute atomic E-state index is 12.8. The van der Waals surface area contributed by atoms with Gasteiger partial charge in [-0.2, -0.15) is 0 Å². The van der Waals surface area contributed by atoms with Crippen molar-refractivity contribution in [1.82, 2.24) is 25.3 Å². The van der Waals surface area contributed by atoms with Crippen molar-refractivity contribution < 1.29 is 9.59 Å². The summed E-state index contributed by atoms with van der Waals surface area (Å²) in [7, 11) is 0. The fourth-order valence-corrected chi connectivity index (χ4v) is 3.55. The molecule has 8 heteroatoms. The molecule has 3 amide bonds. The second kappa shape index (κ2) is 11.1. The standard InChI is InChI=1S/C23H30N6O2/c1-3-13-29(23(31)24-4-2)18-22(30)28-15-8-14-27(16-17-28)21-12-11-20(25-26-21)19-9-6-5-7-10-19/h3,5-7,9-12H,1,4,8,13-18H2,2H3,(H,24,31). The lowest BCUT2D eigenvalue weighted by Crippen LogP contribution is -2.47. The summed E-state index contributed by atoms with van der Waals surface area (Å²) in [6, 6.07) is 13.7. The highest BCUT2D eigenvalue weighted by Crippen LogP contribution is 2.19. The van der Waals surface area contributed by atoms with Gasteiger partial charge in [0.05, 0.1) is 5.69 Å². The zero-order valence-corrected chi connectivity index (χ0v) is 18.0. The van der Waals surface area contributed by atoms with Gasteiger partial charge in [-0.3, -0.25) is 4.79 Å². The minimum absolute atomic E-state index is 0.0451. The molecule has 164 valence electrons. The molecule has 0 saturated carbocycles. The van der Waals surface area contributed by atoms with Crippen LogP contribution in [-0.4, -0.2) is 77.7 Å². The van der Waals surface area contributed by atoms with Crippen LogP contribution >= 0.6 is 0 Å². The van der Waals surface area contributed by atoms with Gasteiger partial charge in [-0.15, -0.1) is 16.8 Å². The van der Waals surface area contributed by atoms with Crippen molar-refractivity contribution in [2.45, 2.75) is 13.3 Å². The molecule has 0 atom stereocenters. The molecule has 0 spiro atoms. The number of benzene rings is 1. The molecule has 0 radical (unpaired) electrons. The fraction of sp³-hybridized carbons (Fsp3) is 0.391. The Bertz CT molecular complexity index is 871. The maximum atomic E-state index is 12.8. The zero-order chi connectivity index (χ0) is 22.1. The number of rotatable bonds is 7. The SMILES string of the molecule is C=CCN(CC(=O)N1CCCN(c2ccc(-c3ccccc3)nn2)CC1)C(=O)NCC. The third kappa shape index (κ3) is 6.04. The van der Waals surface area contributed by atoms with E-state index < -0.39 is 0 Å². The van der Waals surface area contributed by atoms with Gasteiger partial charge in [0.25, 0.3) is 0 Å². The van der Waals surface area contributed by atoms with Crippen LogP contribution in [0.3, 0.4) is 0 Å². The molecule has 3 rings (SSSR count). The number of carbonyl (C=O) groups is 2. The lowest BCUT2D eigenvalue weighted by molar-refractivity contribution is -0.131. The Kier molecular flexibility index (Phi) is 7.98. The average molecular weight is 423 g/mol. The third-order valence-corrected chi connectivity index (χ3v) is 5.18. The van der Waals surface area contributed by atoms with Crippen molar-refractivity contribution >= 4 is 17.8 Å². The maximum Gasteiger partial charge on any atom is 0.318 e. The lowest BCUT2D eigenvalue weighted by Gasteiger charge is -2.26. The minimum atomic E-state index is -0.249. The molecule has 8 nitrogen and oxygen atoms in total. The highest BCUT2D eigenvalue weighted by molar-refractivity contribution is 5.84. The first-order chi connectivity index (χ1) is 15.1. The summed E-state index contributed by atoms with van der Waals surface area (Å²) in [5, 5.41) is 11.5. The number of aromatic nitrogens is 2. The summed E-state index contributed by atoms with van der Waals surface area (Å²) >= 11 is 0. The van der Waals surface area contributed by atoms with Crippen LogP contribution < -0.4 is 10.2 Å². The first-order valence-electron chi connectivity index (χ1n) is 10.7. The molecule has 1 N–H and O–H groups in total. The second-order valence-corrected chi connectivity index (χ2v) is 7.37. The van der Waals surface area contributed by atoms with E-state index in [2.05, 4.69) is 27.0 Å². The highest BCUT2D eigenvalue weighted by atomic mass is 16.2. The summed E-state index contributed by atoms with van der Waals surface area (Å²) in [5.74, 6) is 0.755. The van der Waals surface area contributed by atoms with E-state index in [4.69, 9.17) is 0 Å². The van der Waals surface area contributed by atoms with E-state index in [-0.39, 0.29) is 18.5 Å². The van der Waals surface area contributed by atoms with E-state index in [9.17, 15) is 9.59 Å². The molecular formula is C23H30N6O2. The van der Waals surface area contributed by atoms with E-state index >= 15 is 0 Å². The average Bonchev–Trinajstić information content (AvgIpc) is 3.06. The number of nitrogens with zero attached hydrogens (tertiary/aromatic N) is 5. The van der Waals surface area contributed by atoms with Gasteiger partial charge < -0.3 is 20.0 Å². The quantitative estimate of drug-likeness (QED) is 0.693. The first kappa shape index (κ1) is 22.3. The minimum Gasteiger partial charge on any atom is -0.353 e. The van der Waals surface area contributed by atoms with Gasteiger partial charge >= 0.3 is 6.03 Å². The number of amides is 3. The van der Waals surface area contributed by atoms with Crippen LogP contribution in [0.5, 0.6) is 0 Å². The number of carbonyl (C=O) groups excluding carboxylic acids is 2. The van der Waals surface area contributed by atoms with Crippen LogP contribution in [0.25, 0.3) is 11.3 Å². The molecule has 1 saturated heterocycles. The van der Waals surface area contributed by atoms with Crippen molar-refractivity contribution in [3.63, 3.8) is 0 Å². The van der Waals surface area contributed by atoms with Gasteiger partial charge in [-0.1, -0.05) is 36.4 Å². The molecule has 0 unspecified atom stereocenters. The smallest absolute Gasteiger partial charge is 0.318 e. The summed E-state index contributed by atoms with van der Waals surface area (Å²) < 4.78 is 0. The Morgan fingerprint density at radius 1 is 1.10 bits per heavy atom. The van der Waals surface area contributed by atoms with Crippen molar-refractivity contribution in [2.24, 2.45) is 0 Å². The molecule has 1 aromatic heterocycles. The molecule has 0 aliphatic carbocycles. The topological polar surface area (TPSA) is 81.7 Å². The Balaban J connectivity index is 1.59. The number of nitrogens with one attached hydrogen (secondary N) is 1. The van der Waals surface area contributed by atoms with Crippen molar-refractivity contribution in [3.05, 3.63) is 55.1 Å². The van der Waals surface area contributed by atoms with Gasteiger partial charge in [-0.25, -0.2) is 4.79 Å². The Hall–Kier alpha value is -3.42. The normalized spacial score (nSPS) is 14.0. The molecule has 2 aromatic rings. The van der Waals surface area contributed by atoms with Crippen molar-refractivity contribution in [2.75, 3.05) is 50.7 Å². The van der Waals surface area contributed by atoms with E-state index in [1.54, 1.807) is 6.08 Å². The Labute approximate surface area is 183 Å². The van der Waals surface area contributed by atoms with Gasteiger partial charge in [0.2, 0.25) is 5.91 Å². The van der Waals surface area contributed by atoms with Gasteiger partial charge in [0, 0.05) is 44.8 Å². The Morgan fingerprint density at radius 2 is 1.90 bits per heavy atom. The third-order valence-electron chi connectivity index (χ3n) is 5.18. The molecule has 1 aliphatic heterocycles. The van der Waals surface area contributed by atoms with Crippen molar-refractivity contribution in [1.29, 1.82) is 0 Å². The predicted octanol–water partition coefficient (Wildman–Crippen LogP) is 2.40. The zero-order valence-electron chi connectivity index (χ0n) is 18.0. The predicted molar refractivity (Wildman–Crippen MR) is 122 cm³/mol. The molecule has 31 heavy (non-hydrogen) atoms. The van der Waals surface area contributed by atoms with Crippen molar-refractivity contribution in [3.8, 4) is 11.3 Å². The summed E-state index contributed by atoms with van der Waals surface area (Å²) in [6.07, 6.45) is 2.46. The van der Waals surface area contributed by atoms with Gasteiger partial charge in [0.15, 0.2) is 5.82 Å². The van der Waals surface area contributed by atoms with Crippen LogP contribution in [0.4, 0.5) is 10.6 Å². The van der Waals surface area contributed by atoms with E-state index in [1.807, 2.05) is 54.3 Å². The first-order valence-corrected chi connectivity index (χ1v) is 10.7. The second-order valence-electron chi connectivity index (χ2n) is 7.37. The van der Waals surface area contributed by atoms with Crippen LogP contribution in [-0.2, 0) is 4.79 Å². The van der Waals surface area contributed by atoms with E-state index in [0.29, 0.717) is 32.7 Å². The number of hydrogen-bond acceptors (Lipinski definition) is 5. The number of hydrogen-bond donors (Lipinski definition) is 1. The van der Waals surface area contributed by atoms with Crippen LogP contribution in [0.15, 0.2) is 55.1 Å². The molecule has 1 aliphatic rings. The monoisotopic (exact) mass is 422 g/mol. The van der Waals surface area contributed by atoms with Gasteiger partial charge in [-0.05, 0) is 25.5 Å². The summed E-state index contributed by atoms with van der Waals surface area (Å²) in [6.45, 7) is 9.14. The number of urea groups is 1. The molecular weight excluding hydrogens is 392 g/mol.